The van der Waals surface area contributed by atoms with E-state index in [1.165, 1.54) is 7.05 Å². The fourth-order valence-corrected chi connectivity index (χ4v) is 1.12. The summed E-state index contributed by atoms with van der Waals surface area (Å²) in [7, 11) is 1.28. The van der Waals surface area contributed by atoms with E-state index < -0.39 is 18.0 Å². The van der Waals surface area contributed by atoms with Crippen LogP contribution in [0.4, 0.5) is 13.2 Å². The van der Waals surface area contributed by atoms with Gasteiger partial charge in [-0.15, -0.1) is 0 Å². The SMILES string of the molecule is Cn1nc(C(F)(F)F)cc1C(O)CC#N. The van der Waals surface area contributed by atoms with E-state index in [2.05, 4.69) is 5.10 Å². The second-order valence-electron chi connectivity index (χ2n) is 2.95. The Hall–Kier alpha value is -1.55. The second-order valence-corrected chi connectivity index (χ2v) is 2.95. The standard InChI is InChI=1S/C8H8F3N3O/c1-14-5(6(15)2-3-12)4-7(13-14)8(9,10)11/h4,6,15H,2H2,1H3. The van der Waals surface area contributed by atoms with Crippen LogP contribution < -0.4 is 0 Å². The van der Waals surface area contributed by atoms with Crippen LogP contribution in [0.1, 0.15) is 23.9 Å². The van der Waals surface area contributed by atoms with Crippen LogP contribution >= 0.6 is 0 Å². The third-order valence-corrected chi connectivity index (χ3v) is 1.83. The van der Waals surface area contributed by atoms with E-state index in [1.54, 1.807) is 6.07 Å². The first kappa shape index (κ1) is 11.5. The monoisotopic (exact) mass is 219 g/mol. The lowest BCUT2D eigenvalue weighted by atomic mass is 10.2. The van der Waals surface area contributed by atoms with Crippen molar-refractivity contribution in [2.24, 2.45) is 7.05 Å². The molecule has 0 fully saturated rings. The first-order valence-corrected chi connectivity index (χ1v) is 4.02. The lowest BCUT2D eigenvalue weighted by Crippen LogP contribution is -2.07. The smallest absolute Gasteiger partial charge is 0.386 e. The Bertz CT molecular complexity index is 391. The third-order valence-electron chi connectivity index (χ3n) is 1.83. The predicted molar refractivity (Wildman–Crippen MR) is 43.4 cm³/mol. The van der Waals surface area contributed by atoms with Crippen LogP contribution in [0.5, 0.6) is 0 Å². The Morgan fingerprint density at radius 1 is 1.67 bits per heavy atom. The Morgan fingerprint density at radius 3 is 2.67 bits per heavy atom. The number of aliphatic hydroxyl groups is 1. The van der Waals surface area contributed by atoms with Crippen LogP contribution in [0.2, 0.25) is 0 Å². The van der Waals surface area contributed by atoms with Gasteiger partial charge in [0.25, 0.3) is 0 Å². The fraction of sp³-hybridized carbons (Fsp3) is 0.500. The van der Waals surface area contributed by atoms with Gasteiger partial charge in [-0.25, -0.2) is 0 Å². The van der Waals surface area contributed by atoms with Crippen molar-refractivity contribution in [1.82, 2.24) is 9.78 Å². The molecule has 0 aliphatic rings. The number of aryl methyl sites for hydroxylation is 1. The van der Waals surface area contributed by atoms with Gasteiger partial charge in [-0.3, -0.25) is 4.68 Å². The molecule has 7 heteroatoms. The van der Waals surface area contributed by atoms with Crippen LogP contribution in [0.15, 0.2) is 6.07 Å². The Balaban J connectivity index is 3.02. The molecule has 0 aliphatic carbocycles. The number of hydrogen-bond acceptors (Lipinski definition) is 3. The lowest BCUT2D eigenvalue weighted by Gasteiger charge is -2.05. The van der Waals surface area contributed by atoms with E-state index in [-0.39, 0.29) is 12.1 Å². The van der Waals surface area contributed by atoms with Crippen LogP contribution in [-0.2, 0) is 13.2 Å². The molecule has 0 saturated carbocycles. The van der Waals surface area contributed by atoms with E-state index in [0.717, 1.165) is 10.7 Å². The van der Waals surface area contributed by atoms with Gasteiger partial charge >= 0.3 is 6.18 Å². The first-order valence-electron chi connectivity index (χ1n) is 4.02. The van der Waals surface area contributed by atoms with Gasteiger partial charge in [0.05, 0.1) is 18.2 Å². The van der Waals surface area contributed by atoms with E-state index >= 15 is 0 Å². The first-order chi connectivity index (χ1) is 6.86. The Kier molecular flexibility index (Phi) is 3.00. The van der Waals surface area contributed by atoms with E-state index in [1.807, 2.05) is 0 Å². The van der Waals surface area contributed by atoms with Gasteiger partial charge in [0.15, 0.2) is 5.69 Å². The lowest BCUT2D eigenvalue weighted by molar-refractivity contribution is -0.141. The van der Waals surface area contributed by atoms with E-state index in [9.17, 15) is 18.3 Å². The molecule has 4 nitrogen and oxygen atoms in total. The van der Waals surface area contributed by atoms with Crippen LogP contribution in [0.3, 0.4) is 0 Å². The molecular formula is C8H8F3N3O. The third kappa shape index (κ3) is 2.47. The molecule has 0 radical (unpaired) electrons. The molecule has 82 valence electrons. The van der Waals surface area contributed by atoms with Crippen molar-refractivity contribution in [1.29, 1.82) is 5.26 Å². The number of rotatable bonds is 2. The summed E-state index contributed by atoms with van der Waals surface area (Å²) in [5.74, 6) is 0. The largest absolute Gasteiger partial charge is 0.435 e. The number of halogens is 3. The summed E-state index contributed by atoms with van der Waals surface area (Å²) in [6.45, 7) is 0. The van der Waals surface area contributed by atoms with Crippen molar-refractivity contribution in [2.45, 2.75) is 18.7 Å². The van der Waals surface area contributed by atoms with Crippen LogP contribution in [-0.4, -0.2) is 14.9 Å². The summed E-state index contributed by atoms with van der Waals surface area (Å²) in [6.07, 6.45) is -6.05. The molecule has 1 N–H and O–H groups in total. The van der Waals surface area contributed by atoms with Crippen molar-refractivity contribution in [3.05, 3.63) is 17.5 Å². The summed E-state index contributed by atoms with van der Waals surface area (Å²) >= 11 is 0. The number of aliphatic hydroxyl groups excluding tert-OH is 1. The zero-order chi connectivity index (χ0) is 11.6. The number of nitriles is 1. The summed E-state index contributed by atoms with van der Waals surface area (Å²) in [6, 6.07) is 2.41. The van der Waals surface area contributed by atoms with Crippen LogP contribution in [0.25, 0.3) is 0 Å². The molecule has 1 rings (SSSR count). The molecule has 15 heavy (non-hydrogen) atoms. The van der Waals surface area contributed by atoms with Gasteiger partial charge in [0, 0.05) is 7.05 Å². The highest BCUT2D eigenvalue weighted by Crippen LogP contribution is 2.30. The van der Waals surface area contributed by atoms with Crippen molar-refractivity contribution in [2.75, 3.05) is 0 Å². The van der Waals surface area contributed by atoms with Gasteiger partial charge in [0.1, 0.15) is 6.10 Å². The quantitative estimate of drug-likeness (QED) is 0.817. The topological polar surface area (TPSA) is 61.8 Å². The molecule has 0 aliphatic heterocycles. The zero-order valence-electron chi connectivity index (χ0n) is 7.78. The molecule has 0 aromatic carbocycles. The molecule has 1 aromatic rings. The minimum atomic E-state index is -4.54. The van der Waals surface area contributed by atoms with Crippen LogP contribution in [0, 0.1) is 11.3 Å². The molecule has 0 spiro atoms. The van der Waals surface area contributed by atoms with Gasteiger partial charge in [0.2, 0.25) is 0 Å². The van der Waals surface area contributed by atoms with Gasteiger partial charge in [-0.1, -0.05) is 0 Å². The summed E-state index contributed by atoms with van der Waals surface area (Å²) < 4.78 is 37.5. The summed E-state index contributed by atoms with van der Waals surface area (Å²) in [5.41, 5.74) is -1.10. The van der Waals surface area contributed by atoms with Crippen molar-refractivity contribution in [3.8, 4) is 6.07 Å². The number of aromatic nitrogens is 2. The van der Waals surface area contributed by atoms with Gasteiger partial charge in [-0.2, -0.15) is 23.5 Å². The molecule has 0 amide bonds. The molecule has 1 heterocycles. The number of hydrogen-bond donors (Lipinski definition) is 1. The fourth-order valence-electron chi connectivity index (χ4n) is 1.12. The van der Waals surface area contributed by atoms with Crippen molar-refractivity contribution < 1.29 is 18.3 Å². The van der Waals surface area contributed by atoms with E-state index in [4.69, 9.17) is 5.26 Å². The highest BCUT2D eigenvalue weighted by Gasteiger charge is 2.35. The number of nitrogens with zero attached hydrogens (tertiary/aromatic N) is 3. The second kappa shape index (κ2) is 3.90. The minimum Gasteiger partial charge on any atom is -0.386 e. The predicted octanol–water partition coefficient (Wildman–Crippen LogP) is 1.39. The minimum absolute atomic E-state index is 0.0242. The molecule has 0 saturated heterocycles. The maximum atomic E-state index is 12.2. The van der Waals surface area contributed by atoms with E-state index in [0.29, 0.717) is 0 Å². The highest BCUT2D eigenvalue weighted by molar-refractivity contribution is 5.16. The molecule has 1 atom stereocenters. The van der Waals surface area contributed by atoms with Crippen molar-refractivity contribution >= 4 is 0 Å². The Labute approximate surface area is 83.5 Å². The zero-order valence-corrected chi connectivity index (χ0v) is 7.78. The normalized spacial score (nSPS) is 13.6. The average molecular weight is 219 g/mol. The molecule has 1 aromatic heterocycles. The molecule has 1 unspecified atom stereocenters. The number of alkyl halides is 3. The maximum absolute atomic E-state index is 12.2. The maximum Gasteiger partial charge on any atom is 0.435 e. The van der Waals surface area contributed by atoms with Gasteiger partial charge in [-0.05, 0) is 6.07 Å². The summed E-state index contributed by atoms with van der Waals surface area (Å²) in [4.78, 5) is 0. The van der Waals surface area contributed by atoms with Gasteiger partial charge < -0.3 is 5.11 Å². The summed E-state index contributed by atoms with van der Waals surface area (Å²) in [5, 5.41) is 20.8. The molecule has 0 bridgehead atoms. The highest BCUT2D eigenvalue weighted by atomic mass is 19.4. The van der Waals surface area contributed by atoms with Crippen molar-refractivity contribution in [3.63, 3.8) is 0 Å². The average Bonchev–Trinajstić information content (AvgIpc) is 2.47. The Morgan fingerprint density at radius 2 is 2.27 bits per heavy atom. The molecular weight excluding hydrogens is 211 g/mol.